The third-order valence-corrected chi connectivity index (χ3v) is 3.42. The van der Waals surface area contributed by atoms with Crippen LogP contribution in [0, 0.1) is 11.8 Å². The zero-order valence-corrected chi connectivity index (χ0v) is 10.3. The van der Waals surface area contributed by atoms with Crippen LogP contribution in [0.5, 0.6) is 0 Å². The molecular formula is C12H9NOS2. The molecule has 0 aliphatic rings. The number of fused-ring (bicyclic) bond motifs is 1. The summed E-state index contributed by atoms with van der Waals surface area (Å²) < 4.78 is 1.17. The van der Waals surface area contributed by atoms with Crippen LogP contribution < -0.4 is 0 Å². The number of thiazole rings is 1. The van der Waals surface area contributed by atoms with Gasteiger partial charge in [0.25, 0.3) is 0 Å². The molecular weight excluding hydrogens is 238 g/mol. The third-order valence-electron chi connectivity index (χ3n) is 1.91. The fourth-order valence-corrected chi connectivity index (χ4v) is 2.22. The van der Waals surface area contributed by atoms with Crippen molar-refractivity contribution in [3.63, 3.8) is 0 Å². The van der Waals surface area contributed by atoms with E-state index >= 15 is 0 Å². The van der Waals surface area contributed by atoms with Crippen molar-refractivity contribution in [2.45, 2.75) is 6.92 Å². The van der Waals surface area contributed by atoms with E-state index in [0.717, 1.165) is 11.1 Å². The van der Waals surface area contributed by atoms with Crippen LogP contribution in [0.2, 0.25) is 0 Å². The van der Waals surface area contributed by atoms with Gasteiger partial charge in [0, 0.05) is 12.5 Å². The molecule has 2 rings (SSSR count). The van der Waals surface area contributed by atoms with Gasteiger partial charge in [-0.15, -0.1) is 11.3 Å². The Kier molecular flexibility index (Phi) is 3.60. The van der Waals surface area contributed by atoms with Gasteiger partial charge >= 0.3 is 0 Å². The Hall–Kier alpha value is -1.31. The molecule has 0 spiro atoms. The van der Waals surface area contributed by atoms with Gasteiger partial charge in [0.05, 0.1) is 21.5 Å². The minimum Gasteiger partial charge on any atom is -0.288 e. The summed E-state index contributed by atoms with van der Waals surface area (Å²) in [6.07, 6.45) is 0. The summed E-state index contributed by atoms with van der Waals surface area (Å²) in [5.41, 5.74) is 3.76. The van der Waals surface area contributed by atoms with Crippen LogP contribution in [-0.4, -0.2) is 15.9 Å². The molecule has 0 fully saturated rings. The molecule has 0 aliphatic heterocycles. The van der Waals surface area contributed by atoms with Crippen LogP contribution in [0.15, 0.2) is 23.7 Å². The molecule has 0 saturated heterocycles. The molecule has 2 aromatic rings. The minimum absolute atomic E-state index is 0.101. The number of rotatable bonds is 1. The smallest absolute Gasteiger partial charge is 0.186 e. The van der Waals surface area contributed by atoms with Crippen LogP contribution >= 0.6 is 23.1 Å². The molecule has 16 heavy (non-hydrogen) atoms. The molecule has 1 aromatic heterocycles. The first-order valence-corrected chi connectivity index (χ1v) is 6.58. The summed E-state index contributed by atoms with van der Waals surface area (Å²) in [4.78, 5) is 14.9. The SMILES string of the molecule is CC(=O)SCC#Cc1ccc2scnc2c1. The molecule has 0 saturated carbocycles. The summed E-state index contributed by atoms with van der Waals surface area (Å²) in [5.74, 6) is 6.53. The Labute approximate surface area is 102 Å². The lowest BCUT2D eigenvalue weighted by atomic mass is 10.2. The van der Waals surface area contributed by atoms with E-state index < -0.39 is 0 Å². The monoisotopic (exact) mass is 247 g/mol. The number of aromatic nitrogens is 1. The van der Waals surface area contributed by atoms with Crippen molar-refractivity contribution in [2.75, 3.05) is 5.75 Å². The van der Waals surface area contributed by atoms with Crippen LogP contribution in [0.25, 0.3) is 10.2 Å². The van der Waals surface area contributed by atoms with E-state index in [1.54, 1.807) is 18.3 Å². The standard InChI is InChI=1S/C12H9NOS2/c1-9(14)15-6-2-3-10-4-5-12-11(7-10)13-8-16-12/h4-5,7-8H,6H2,1H3. The molecule has 0 atom stereocenters. The van der Waals surface area contributed by atoms with Gasteiger partial charge in [0.1, 0.15) is 0 Å². The fourth-order valence-electron chi connectivity index (χ4n) is 1.21. The lowest BCUT2D eigenvalue weighted by molar-refractivity contribution is -0.109. The number of carbonyl (C=O) groups excluding carboxylic acids is 1. The van der Waals surface area contributed by atoms with Crippen LogP contribution in [-0.2, 0) is 4.79 Å². The Morgan fingerprint density at radius 1 is 1.56 bits per heavy atom. The predicted octanol–water partition coefficient (Wildman–Crippen LogP) is 2.93. The zero-order valence-electron chi connectivity index (χ0n) is 8.69. The van der Waals surface area contributed by atoms with Gasteiger partial charge in [-0.2, -0.15) is 0 Å². The molecule has 1 heterocycles. The van der Waals surface area contributed by atoms with Gasteiger partial charge in [-0.1, -0.05) is 23.6 Å². The highest BCUT2D eigenvalue weighted by atomic mass is 32.2. The van der Waals surface area contributed by atoms with Crippen molar-refractivity contribution in [1.82, 2.24) is 4.98 Å². The lowest BCUT2D eigenvalue weighted by Crippen LogP contribution is -1.82. The number of thioether (sulfide) groups is 1. The highest BCUT2D eigenvalue weighted by Gasteiger charge is 1.96. The first-order chi connectivity index (χ1) is 7.75. The second kappa shape index (κ2) is 5.15. The molecule has 0 N–H and O–H groups in total. The largest absolute Gasteiger partial charge is 0.288 e. The van der Waals surface area contributed by atoms with E-state index in [0.29, 0.717) is 5.75 Å². The predicted molar refractivity (Wildman–Crippen MR) is 69.6 cm³/mol. The maximum Gasteiger partial charge on any atom is 0.186 e. The number of hydrogen-bond acceptors (Lipinski definition) is 4. The number of carbonyl (C=O) groups is 1. The Morgan fingerprint density at radius 3 is 3.25 bits per heavy atom. The topological polar surface area (TPSA) is 30.0 Å². The van der Waals surface area contributed by atoms with Crippen molar-refractivity contribution in [2.24, 2.45) is 0 Å². The average molecular weight is 247 g/mol. The average Bonchev–Trinajstić information content (AvgIpc) is 2.71. The van der Waals surface area contributed by atoms with Crippen molar-refractivity contribution < 1.29 is 4.79 Å². The highest BCUT2D eigenvalue weighted by Crippen LogP contribution is 2.18. The summed E-state index contributed by atoms with van der Waals surface area (Å²) in [6, 6.07) is 5.97. The lowest BCUT2D eigenvalue weighted by Gasteiger charge is -1.90. The quantitative estimate of drug-likeness (QED) is 0.726. The van der Waals surface area contributed by atoms with Crippen molar-refractivity contribution in [3.8, 4) is 11.8 Å². The number of benzene rings is 1. The van der Waals surface area contributed by atoms with Gasteiger partial charge in [-0.05, 0) is 18.2 Å². The van der Waals surface area contributed by atoms with Crippen LogP contribution in [0.1, 0.15) is 12.5 Å². The van der Waals surface area contributed by atoms with E-state index in [1.165, 1.54) is 16.5 Å². The fraction of sp³-hybridized carbons (Fsp3) is 0.167. The van der Waals surface area contributed by atoms with Crippen molar-refractivity contribution in [1.29, 1.82) is 0 Å². The first kappa shape index (κ1) is 11.2. The molecule has 0 aliphatic carbocycles. The van der Waals surface area contributed by atoms with Crippen molar-refractivity contribution >= 4 is 38.4 Å². The summed E-state index contributed by atoms with van der Waals surface area (Å²) in [7, 11) is 0. The number of nitrogens with zero attached hydrogens (tertiary/aromatic N) is 1. The molecule has 0 radical (unpaired) electrons. The Bertz CT molecular complexity index is 577. The molecule has 2 nitrogen and oxygen atoms in total. The van der Waals surface area contributed by atoms with Gasteiger partial charge in [-0.3, -0.25) is 4.79 Å². The number of hydrogen-bond donors (Lipinski definition) is 0. The molecule has 80 valence electrons. The second-order valence-corrected chi connectivity index (χ2v) is 5.16. The van der Waals surface area contributed by atoms with E-state index in [4.69, 9.17) is 0 Å². The summed E-state index contributed by atoms with van der Waals surface area (Å²) in [5, 5.41) is 0.101. The molecule has 0 bridgehead atoms. The van der Waals surface area contributed by atoms with Gasteiger partial charge in [0.15, 0.2) is 5.12 Å². The van der Waals surface area contributed by atoms with Crippen LogP contribution in [0.4, 0.5) is 0 Å². The van der Waals surface area contributed by atoms with Crippen molar-refractivity contribution in [3.05, 3.63) is 29.3 Å². The molecule has 0 unspecified atom stereocenters. The van der Waals surface area contributed by atoms with Gasteiger partial charge in [0.2, 0.25) is 0 Å². The molecule has 0 amide bonds. The maximum atomic E-state index is 10.7. The Morgan fingerprint density at radius 2 is 2.44 bits per heavy atom. The van der Waals surface area contributed by atoms with Gasteiger partial charge < -0.3 is 0 Å². The second-order valence-electron chi connectivity index (χ2n) is 3.12. The van der Waals surface area contributed by atoms with E-state index in [2.05, 4.69) is 16.8 Å². The normalized spacial score (nSPS) is 9.81. The van der Waals surface area contributed by atoms with E-state index in [9.17, 15) is 4.79 Å². The molecule has 4 heteroatoms. The van der Waals surface area contributed by atoms with Crippen LogP contribution in [0.3, 0.4) is 0 Å². The van der Waals surface area contributed by atoms with E-state index in [-0.39, 0.29) is 5.12 Å². The summed E-state index contributed by atoms with van der Waals surface area (Å²) in [6.45, 7) is 1.55. The van der Waals surface area contributed by atoms with E-state index in [1.807, 2.05) is 23.7 Å². The minimum atomic E-state index is 0.101. The van der Waals surface area contributed by atoms with Gasteiger partial charge in [-0.25, -0.2) is 4.98 Å². The maximum absolute atomic E-state index is 10.7. The Balaban J connectivity index is 2.11. The summed E-state index contributed by atoms with van der Waals surface area (Å²) >= 11 is 2.85. The highest BCUT2D eigenvalue weighted by molar-refractivity contribution is 8.13. The third kappa shape index (κ3) is 2.84. The first-order valence-electron chi connectivity index (χ1n) is 4.71. The molecule has 1 aromatic carbocycles. The zero-order chi connectivity index (χ0) is 11.4.